The molecular formula is C26H22Cl2N8O3Po. The first kappa shape index (κ1) is 30.6. The number of nitrogens with zero attached hydrogens (tertiary/aromatic N) is 3. The molecule has 4 aromatic rings. The van der Waals surface area contributed by atoms with E-state index in [2.05, 4.69) is 42.0 Å². The maximum atomic E-state index is 12.4. The first-order chi connectivity index (χ1) is 18.6. The minimum absolute atomic E-state index is 0. The van der Waals surface area contributed by atoms with Crippen LogP contribution in [-0.2, 0) is 0 Å². The van der Waals surface area contributed by atoms with Crippen molar-refractivity contribution in [3.05, 3.63) is 75.5 Å². The van der Waals surface area contributed by atoms with Crippen molar-refractivity contribution in [1.29, 1.82) is 0 Å². The number of benzene rings is 2. The molecule has 0 spiro atoms. The molecule has 6 N–H and O–H groups in total. The maximum absolute atomic E-state index is 12.4. The number of H-pyrrole nitrogens is 1. The molecule has 3 amide bonds. The maximum Gasteiger partial charge on any atom is 0.324 e. The Labute approximate surface area is 259 Å². The molecule has 0 saturated carbocycles. The number of terminal acetylenes is 1. The van der Waals surface area contributed by atoms with Crippen molar-refractivity contribution < 1.29 is 14.3 Å². The molecule has 2 heterocycles. The SMILES string of the molecule is C#Cc1cc(Nc2nccc(Oc3ccc(NC(=O)Nc4cc(C(C)C)[nH]n4)c(Cl)c3Cl)n2)cc(C(N)=O)c1.[Po]. The van der Waals surface area contributed by atoms with Gasteiger partial charge in [0.05, 0.1) is 10.7 Å². The third-order valence-electron chi connectivity index (χ3n) is 5.24. The molecule has 0 aliphatic rings. The summed E-state index contributed by atoms with van der Waals surface area (Å²) in [6, 6.07) is 10.4. The Balaban J connectivity index is 0.00000441. The van der Waals surface area contributed by atoms with Crippen LogP contribution in [0.2, 0.25) is 10.0 Å². The van der Waals surface area contributed by atoms with Crippen molar-refractivity contribution in [2.45, 2.75) is 19.8 Å². The van der Waals surface area contributed by atoms with Crippen LogP contribution in [-0.4, -0.2) is 58.7 Å². The molecule has 0 aliphatic heterocycles. The molecule has 2 aromatic heterocycles. The molecule has 2 radical (unpaired) electrons. The molecular weight excluding hydrogens is 752 g/mol. The van der Waals surface area contributed by atoms with Gasteiger partial charge in [-0.2, -0.15) is 10.1 Å². The van der Waals surface area contributed by atoms with Crippen LogP contribution in [0.15, 0.2) is 48.7 Å². The van der Waals surface area contributed by atoms with E-state index in [4.69, 9.17) is 40.1 Å². The van der Waals surface area contributed by atoms with Gasteiger partial charge in [-0.05, 0) is 36.2 Å². The van der Waals surface area contributed by atoms with Crippen molar-refractivity contribution >= 4 is 84.8 Å². The van der Waals surface area contributed by atoms with Crippen molar-refractivity contribution in [2.24, 2.45) is 5.73 Å². The summed E-state index contributed by atoms with van der Waals surface area (Å²) in [5.74, 6) is 2.92. The Morgan fingerprint density at radius 2 is 1.88 bits per heavy atom. The van der Waals surface area contributed by atoms with E-state index in [1.165, 1.54) is 36.5 Å². The average molecular weight is 774 g/mol. The summed E-state index contributed by atoms with van der Waals surface area (Å²) in [5.41, 5.74) is 7.66. The fourth-order valence-electron chi connectivity index (χ4n) is 3.30. The number of ether oxygens (including phenoxy) is 1. The van der Waals surface area contributed by atoms with Gasteiger partial charge in [-0.15, -0.1) is 6.42 Å². The Kier molecular flexibility index (Phi) is 10.3. The van der Waals surface area contributed by atoms with Gasteiger partial charge in [0.25, 0.3) is 0 Å². The molecule has 40 heavy (non-hydrogen) atoms. The molecule has 0 bridgehead atoms. The minimum atomic E-state index is -0.628. The molecule has 0 aliphatic carbocycles. The second kappa shape index (κ2) is 13.4. The number of hydrogen-bond acceptors (Lipinski definition) is 7. The smallest absolute Gasteiger partial charge is 0.324 e. The number of aromatic nitrogens is 4. The van der Waals surface area contributed by atoms with Crippen LogP contribution >= 0.6 is 23.2 Å². The Morgan fingerprint density at radius 3 is 2.55 bits per heavy atom. The van der Waals surface area contributed by atoms with Crippen molar-refractivity contribution in [3.63, 3.8) is 0 Å². The number of carbonyl (C=O) groups is 2. The van der Waals surface area contributed by atoms with E-state index in [1.807, 2.05) is 13.8 Å². The fourth-order valence-corrected chi connectivity index (χ4v) is 3.71. The fraction of sp³-hybridized carbons (Fsp3) is 0.115. The van der Waals surface area contributed by atoms with Gasteiger partial charge in [0.2, 0.25) is 17.7 Å². The Morgan fingerprint density at radius 1 is 1.10 bits per heavy atom. The molecule has 0 fully saturated rings. The number of primary amides is 1. The molecule has 11 nitrogen and oxygen atoms in total. The van der Waals surface area contributed by atoms with Gasteiger partial charge in [0.15, 0.2) is 5.82 Å². The van der Waals surface area contributed by atoms with Crippen LogP contribution in [0.5, 0.6) is 11.6 Å². The largest absolute Gasteiger partial charge is 0.437 e. The number of nitrogens with one attached hydrogen (secondary N) is 4. The number of rotatable bonds is 8. The van der Waals surface area contributed by atoms with Crippen LogP contribution in [0, 0.1) is 12.3 Å². The van der Waals surface area contributed by atoms with Crippen LogP contribution < -0.4 is 26.4 Å². The monoisotopic (exact) mass is 773 g/mol. The molecule has 0 atom stereocenters. The molecule has 4 rings (SSSR count). The number of anilines is 4. The number of carbonyl (C=O) groups excluding carboxylic acids is 2. The summed E-state index contributed by atoms with van der Waals surface area (Å²) in [6.45, 7) is 4.00. The normalized spacial score (nSPS) is 10.3. The Hall–Kier alpha value is -3.89. The van der Waals surface area contributed by atoms with E-state index in [9.17, 15) is 9.59 Å². The summed E-state index contributed by atoms with van der Waals surface area (Å²) in [6.07, 6.45) is 6.92. The standard InChI is InChI=1S/C26H22Cl2N8O3.Po/c1-4-14-9-15(24(29)37)11-16(10-14)31-25-30-8-7-21(34-25)39-19-6-5-17(22(27)23(19)28)32-26(38)33-20-12-18(13(2)3)35-36-20;/h1,5-13H,2-3H3,(H2,29,37)(H,30,31,34)(H3,32,33,35,36,38);. The number of hydrogen-bond donors (Lipinski definition) is 5. The molecule has 0 saturated heterocycles. The van der Waals surface area contributed by atoms with Crippen LogP contribution in [0.25, 0.3) is 0 Å². The van der Waals surface area contributed by atoms with Gasteiger partial charge in [-0.25, -0.2) is 9.78 Å². The van der Waals surface area contributed by atoms with Gasteiger partial charge in [-0.3, -0.25) is 15.2 Å². The van der Waals surface area contributed by atoms with Crippen LogP contribution in [0.4, 0.5) is 27.9 Å². The third-order valence-corrected chi connectivity index (χ3v) is 6.11. The summed E-state index contributed by atoms with van der Waals surface area (Å²) in [5, 5.41) is 15.2. The quantitative estimate of drug-likeness (QED) is 0.148. The first-order valence-electron chi connectivity index (χ1n) is 11.4. The van der Waals surface area contributed by atoms with E-state index in [1.54, 1.807) is 12.1 Å². The zero-order chi connectivity index (χ0) is 28.1. The number of nitrogens with two attached hydrogens (primary N) is 1. The zero-order valence-corrected chi connectivity index (χ0v) is 25.8. The third kappa shape index (κ3) is 7.61. The van der Waals surface area contributed by atoms with Gasteiger partial charge < -0.3 is 21.1 Å². The van der Waals surface area contributed by atoms with E-state index in [0.29, 0.717) is 17.1 Å². The number of urea groups is 1. The number of amides is 3. The van der Waals surface area contributed by atoms with Crippen LogP contribution in [0.1, 0.15) is 41.4 Å². The van der Waals surface area contributed by atoms with E-state index in [0.717, 1.165) is 5.69 Å². The minimum Gasteiger partial charge on any atom is -0.437 e. The van der Waals surface area contributed by atoms with Gasteiger partial charge in [0.1, 0.15) is 10.8 Å². The molecule has 0 unspecified atom stereocenters. The second-order valence-corrected chi connectivity index (χ2v) is 9.19. The van der Waals surface area contributed by atoms with Crippen LogP contribution in [0.3, 0.4) is 0 Å². The predicted octanol–water partition coefficient (Wildman–Crippen LogP) is 5.51. The molecule has 14 heteroatoms. The summed E-state index contributed by atoms with van der Waals surface area (Å²) >= 11 is 12.8. The van der Waals surface area contributed by atoms with Crippen molar-refractivity contribution in [3.8, 4) is 24.0 Å². The topological polar surface area (TPSA) is 160 Å². The van der Waals surface area contributed by atoms with E-state index in [-0.39, 0.29) is 71.4 Å². The second-order valence-electron chi connectivity index (χ2n) is 8.43. The summed E-state index contributed by atoms with van der Waals surface area (Å²) < 4.78 is 5.80. The van der Waals surface area contributed by atoms with E-state index < -0.39 is 11.9 Å². The van der Waals surface area contributed by atoms with Gasteiger partial charge in [0, 0.05) is 67.4 Å². The number of aromatic amines is 1. The predicted molar refractivity (Wildman–Crippen MR) is 156 cm³/mol. The van der Waals surface area contributed by atoms with Gasteiger partial charge in [-0.1, -0.05) is 43.0 Å². The summed E-state index contributed by atoms with van der Waals surface area (Å²) in [4.78, 5) is 32.5. The Bertz CT molecular complexity index is 1600. The zero-order valence-electron chi connectivity index (χ0n) is 21.1. The first-order valence-corrected chi connectivity index (χ1v) is 12.2. The van der Waals surface area contributed by atoms with Gasteiger partial charge >= 0.3 is 6.03 Å². The average Bonchev–Trinajstić information content (AvgIpc) is 3.37. The van der Waals surface area contributed by atoms with E-state index >= 15 is 0 Å². The summed E-state index contributed by atoms with van der Waals surface area (Å²) in [7, 11) is 0. The molecule has 2 aromatic carbocycles. The van der Waals surface area contributed by atoms with Crippen molar-refractivity contribution in [2.75, 3.05) is 16.0 Å². The molecule has 204 valence electrons. The number of halogens is 2. The van der Waals surface area contributed by atoms with Crippen molar-refractivity contribution in [1.82, 2.24) is 20.2 Å².